The Balaban J connectivity index is 2.32. The summed E-state index contributed by atoms with van der Waals surface area (Å²) in [7, 11) is 1.71. The molecule has 0 aromatic heterocycles. The molecule has 1 aromatic carbocycles. The second-order valence-corrected chi connectivity index (χ2v) is 3.50. The van der Waals surface area contributed by atoms with Crippen molar-refractivity contribution in [2.75, 3.05) is 13.7 Å². The smallest absolute Gasteiger partial charge is 0.0713 e. The molecule has 0 aliphatic heterocycles. The van der Waals surface area contributed by atoms with E-state index in [1.54, 1.807) is 7.11 Å². The van der Waals surface area contributed by atoms with E-state index in [4.69, 9.17) is 4.74 Å². The summed E-state index contributed by atoms with van der Waals surface area (Å²) in [6.45, 7) is 6.28. The van der Waals surface area contributed by atoms with Crippen molar-refractivity contribution in [3.63, 3.8) is 0 Å². The number of nitrogens with one attached hydrogen (secondary N) is 1. The zero-order valence-corrected chi connectivity index (χ0v) is 9.33. The Morgan fingerprint density at radius 2 is 1.93 bits per heavy atom. The molecule has 0 aliphatic carbocycles. The van der Waals surface area contributed by atoms with E-state index in [9.17, 15) is 0 Å². The van der Waals surface area contributed by atoms with Gasteiger partial charge in [0, 0.05) is 13.7 Å². The van der Waals surface area contributed by atoms with Crippen molar-refractivity contribution < 1.29 is 4.74 Å². The van der Waals surface area contributed by atoms with Gasteiger partial charge in [-0.05, 0) is 24.1 Å². The third kappa shape index (κ3) is 4.77. The van der Waals surface area contributed by atoms with Crippen LogP contribution in [0, 0.1) is 0 Å². The molecule has 2 nitrogen and oxygen atoms in total. The summed E-state index contributed by atoms with van der Waals surface area (Å²) in [5, 5.41) is 3.35. The fourth-order valence-corrected chi connectivity index (χ4v) is 1.36. The van der Waals surface area contributed by atoms with Gasteiger partial charge < -0.3 is 10.1 Å². The quantitative estimate of drug-likeness (QED) is 0.545. The summed E-state index contributed by atoms with van der Waals surface area (Å²) in [6.07, 6.45) is 2.94. The SMILES string of the molecule is C=CCCNCc1ccc(COC)cc1. The van der Waals surface area contributed by atoms with Gasteiger partial charge in [0.25, 0.3) is 0 Å². The Bertz CT molecular complexity index is 279. The minimum Gasteiger partial charge on any atom is -0.380 e. The molecule has 0 saturated heterocycles. The normalized spacial score (nSPS) is 10.2. The zero-order valence-electron chi connectivity index (χ0n) is 9.33. The average Bonchev–Trinajstić information content (AvgIpc) is 2.27. The Morgan fingerprint density at radius 3 is 2.53 bits per heavy atom. The molecule has 0 saturated carbocycles. The molecular formula is C13H19NO. The van der Waals surface area contributed by atoms with Gasteiger partial charge in [-0.2, -0.15) is 0 Å². The topological polar surface area (TPSA) is 21.3 Å². The first kappa shape index (κ1) is 12.0. The Morgan fingerprint density at radius 1 is 1.27 bits per heavy atom. The third-order valence-corrected chi connectivity index (χ3v) is 2.19. The van der Waals surface area contributed by atoms with Gasteiger partial charge in [-0.15, -0.1) is 6.58 Å². The maximum absolute atomic E-state index is 5.05. The molecule has 0 spiro atoms. The zero-order chi connectivity index (χ0) is 10.9. The molecule has 0 bridgehead atoms. The molecule has 0 atom stereocenters. The molecule has 0 unspecified atom stereocenters. The second kappa shape index (κ2) is 7.21. The predicted molar refractivity (Wildman–Crippen MR) is 63.7 cm³/mol. The molecule has 0 heterocycles. The number of methoxy groups -OCH3 is 1. The van der Waals surface area contributed by atoms with E-state index in [0.29, 0.717) is 6.61 Å². The number of hydrogen-bond acceptors (Lipinski definition) is 2. The maximum atomic E-state index is 5.05. The molecule has 0 radical (unpaired) electrons. The first-order valence-corrected chi connectivity index (χ1v) is 5.25. The van der Waals surface area contributed by atoms with Gasteiger partial charge in [0.05, 0.1) is 6.61 Å². The third-order valence-electron chi connectivity index (χ3n) is 2.19. The lowest BCUT2D eigenvalue weighted by molar-refractivity contribution is 0.185. The van der Waals surface area contributed by atoms with Crippen LogP contribution in [0.3, 0.4) is 0 Å². The lowest BCUT2D eigenvalue weighted by Gasteiger charge is -2.04. The Labute approximate surface area is 92.0 Å². The van der Waals surface area contributed by atoms with Gasteiger partial charge >= 0.3 is 0 Å². The van der Waals surface area contributed by atoms with Crippen LogP contribution in [-0.2, 0) is 17.9 Å². The van der Waals surface area contributed by atoms with Crippen molar-refractivity contribution in [1.82, 2.24) is 5.32 Å². The average molecular weight is 205 g/mol. The standard InChI is InChI=1S/C13H19NO/c1-3-4-9-14-10-12-5-7-13(8-6-12)11-15-2/h3,5-8,14H,1,4,9-11H2,2H3. The van der Waals surface area contributed by atoms with Crippen LogP contribution in [0.5, 0.6) is 0 Å². The van der Waals surface area contributed by atoms with Gasteiger partial charge in [-0.25, -0.2) is 0 Å². The van der Waals surface area contributed by atoms with Crippen LogP contribution in [0.1, 0.15) is 17.5 Å². The van der Waals surface area contributed by atoms with Crippen LogP contribution < -0.4 is 5.32 Å². The molecule has 82 valence electrons. The summed E-state index contributed by atoms with van der Waals surface area (Å²) in [5.74, 6) is 0. The lowest BCUT2D eigenvalue weighted by Crippen LogP contribution is -2.13. The number of ether oxygens (including phenoxy) is 1. The number of hydrogen-bond donors (Lipinski definition) is 1. The highest BCUT2D eigenvalue weighted by atomic mass is 16.5. The van der Waals surface area contributed by atoms with E-state index in [0.717, 1.165) is 19.5 Å². The van der Waals surface area contributed by atoms with Crippen molar-refractivity contribution in [2.45, 2.75) is 19.6 Å². The number of rotatable bonds is 7. The van der Waals surface area contributed by atoms with Crippen LogP contribution in [0.2, 0.25) is 0 Å². The van der Waals surface area contributed by atoms with Gasteiger partial charge in [0.2, 0.25) is 0 Å². The van der Waals surface area contributed by atoms with Crippen molar-refractivity contribution >= 4 is 0 Å². The van der Waals surface area contributed by atoms with Crippen LogP contribution in [-0.4, -0.2) is 13.7 Å². The minimum absolute atomic E-state index is 0.685. The first-order chi connectivity index (χ1) is 7.36. The summed E-state index contributed by atoms with van der Waals surface area (Å²) >= 11 is 0. The highest BCUT2D eigenvalue weighted by Crippen LogP contribution is 2.05. The highest BCUT2D eigenvalue weighted by Gasteiger charge is 1.93. The Hall–Kier alpha value is -1.12. The van der Waals surface area contributed by atoms with Crippen molar-refractivity contribution in [2.24, 2.45) is 0 Å². The lowest BCUT2D eigenvalue weighted by atomic mass is 10.1. The summed E-state index contributed by atoms with van der Waals surface area (Å²) in [5.41, 5.74) is 2.52. The summed E-state index contributed by atoms with van der Waals surface area (Å²) < 4.78 is 5.05. The molecule has 1 rings (SSSR count). The number of benzene rings is 1. The highest BCUT2D eigenvalue weighted by molar-refractivity contribution is 5.21. The van der Waals surface area contributed by atoms with Gasteiger partial charge in [-0.1, -0.05) is 30.3 Å². The van der Waals surface area contributed by atoms with E-state index in [2.05, 4.69) is 36.2 Å². The van der Waals surface area contributed by atoms with Gasteiger partial charge in [0.1, 0.15) is 0 Å². The molecule has 0 aliphatic rings. The van der Waals surface area contributed by atoms with Crippen molar-refractivity contribution in [3.8, 4) is 0 Å². The van der Waals surface area contributed by atoms with E-state index in [1.165, 1.54) is 11.1 Å². The maximum Gasteiger partial charge on any atom is 0.0713 e. The molecule has 1 N–H and O–H groups in total. The van der Waals surface area contributed by atoms with Crippen LogP contribution in [0.25, 0.3) is 0 Å². The summed E-state index contributed by atoms with van der Waals surface area (Å²) in [4.78, 5) is 0. The predicted octanol–water partition coefficient (Wildman–Crippen LogP) is 2.50. The molecule has 1 aromatic rings. The summed E-state index contributed by atoms with van der Waals surface area (Å²) in [6, 6.07) is 8.48. The molecule has 0 amide bonds. The van der Waals surface area contributed by atoms with Crippen molar-refractivity contribution in [1.29, 1.82) is 0 Å². The minimum atomic E-state index is 0.685. The Kier molecular flexibility index (Phi) is 5.74. The van der Waals surface area contributed by atoms with E-state index >= 15 is 0 Å². The van der Waals surface area contributed by atoms with Crippen LogP contribution in [0.4, 0.5) is 0 Å². The second-order valence-electron chi connectivity index (χ2n) is 3.50. The van der Waals surface area contributed by atoms with E-state index in [-0.39, 0.29) is 0 Å². The largest absolute Gasteiger partial charge is 0.380 e. The van der Waals surface area contributed by atoms with E-state index < -0.39 is 0 Å². The fraction of sp³-hybridized carbons (Fsp3) is 0.385. The van der Waals surface area contributed by atoms with Gasteiger partial charge in [-0.3, -0.25) is 0 Å². The van der Waals surface area contributed by atoms with Crippen molar-refractivity contribution in [3.05, 3.63) is 48.0 Å². The molecule has 0 fully saturated rings. The molecule has 2 heteroatoms. The van der Waals surface area contributed by atoms with Crippen LogP contribution in [0.15, 0.2) is 36.9 Å². The first-order valence-electron chi connectivity index (χ1n) is 5.25. The van der Waals surface area contributed by atoms with Gasteiger partial charge in [0.15, 0.2) is 0 Å². The molecule has 15 heavy (non-hydrogen) atoms. The molecular weight excluding hydrogens is 186 g/mol. The monoisotopic (exact) mass is 205 g/mol. The fourth-order valence-electron chi connectivity index (χ4n) is 1.36. The van der Waals surface area contributed by atoms with Crippen LogP contribution >= 0.6 is 0 Å². The van der Waals surface area contributed by atoms with E-state index in [1.807, 2.05) is 6.08 Å².